The van der Waals surface area contributed by atoms with E-state index in [-0.39, 0.29) is 35.0 Å². The monoisotopic (exact) mass is 394 g/mol. The third-order valence-electron chi connectivity index (χ3n) is 3.76. The van der Waals surface area contributed by atoms with Gasteiger partial charge in [-0.05, 0) is 17.7 Å². The molecule has 0 aromatic heterocycles. The number of aliphatic hydroxyl groups excluding tert-OH is 2. The van der Waals surface area contributed by atoms with Crippen molar-refractivity contribution in [1.29, 1.82) is 0 Å². The minimum Gasteiger partial charge on any atom is -0.478 e. The molecule has 2 unspecified atom stereocenters. The number of halogens is 1. The maximum atomic E-state index is 11.7. The van der Waals surface area contributed by atoms with Crippen molar-refractivity contribution < 1.29 is 29.6 Å². The van der Waals surface area contributed by atoms with Crippen molar-refractivity contribution in [2.45, 2.75) is 18.8 Å². The van der Waals surface area contributed by atoms with Crippen LogP contribution >= 0.6 is 11.6 Å². The van der Waals surface area contributed by atoms with Crippen LogP contribution in [-0.4, -0.2) is 40.0 Å². The molecule has 2 aromatic rings. The predicted octanol–water partition coefficient (Wildman–Crippen LogP) is 1.94. The number of carboxylic acid groups (broad SMARTS) is 1. The Kier molecular flexibility index (Phi) is 7.00. The van der Waals surface area contributed by atoms with Gasteiger partial charge in [0.05, 0.1) is 11.3 Å². The first-order valence-electron chi connectivity index (χ1n) is 7.92. The number of carboxylic acids is 1. The summed E-state index contributed by atoms with van der Waals surface area (Å²) in [4.78, 5) is 22.9. The third kappa shape index (κ3) is 5.58. The largest absolute Gasteiger partial charge is 0.478 e. The lowest BCUT2D eigenvalue weighted by Crippen LogP contribution is -2.36. The topological polar surface area (TPSA) is 142 Å². The molecule has 0 bridgehead atoms. The molecule has 0 aliphatic carbocycles. The SMILES string of the molecule is Nc1c(C(=O)O)cc(Cl)cc1C(O)C(O)CNC(=O)OCc1ccccc1. The Hall–Kier alpha value is -2.81. The average molecular weight is 395 g/mol. The number of alkyl carbamates (subject to hydrolysis) is 1. The zero-order valence-electron chi connectivity index (χ0n) is 14.1. The van der Waals surface area contributed by atoms with E-state index in [4.69, 9.17) is 27.2 Å². The number of nitrogens with two attached hydrogens (primary N) is 1. The Labute approximate surface area is 160 Å². The van der Waals surface area contributed by atoms with Crippen molar-refractivity contribution in [3.05, 3.63) is 64.2 Å². The summed E-state index contributed by atoms with van der Waals surface area (Å²) in [6.45, 7) is -0.294. The molecule has 0 heterocycles. The fourth-order valence-electron chi connectivity index (χ4n) is 2.34. The van der Waals surface area contributed by atoms with E-state index in [1.165, 1.54) is 6.07 Å². The molecular formula is C18H19ClN2O6. The number of aromatic carboxylic acids is 1. The number of hydrogen-bond acceptors (Lipinski definition) is 6. The van der Waals surface area contributed by atoms with Crippen LogP contribution in [0.15, 0.2) is 42.5 Å². The lowest BCUT2D eigenvalue weighted by atomic mass is 9.99. The van der Waals surface area contributed by atoms with Crippen LogP contribution in [0.2, 0.25) is 5.02 Å². The van der Waals surface area contributed by atoms with E-state index in [0.717, 1.165) is 11.6 Å². The number of aliphatic hydroxyl groups is 2. The van der Waals surface area contributed by atoms with Crippen LogP contribution in [0.25, 0.3) is 0 Å². The molecule has 9 heteroatoms. The highest BCUT2D eigenvalue weighted by molar-refractivity contribution is 6.31. The first-order valence-corrected chi connectivity index (χ1v) is 8.30. The van der Waals surface area contributed by atoms with Crippen molar-refractivity contribution in [1.82, 2.24) is 5.32 Å². The molecule has 0 radical (unpaired) electrons. The van der Waals surface area contributed by atoms with E-state index >= 15 is 0 Å². The number of nitrogen functional groups attached to an aromatic ring is 1. The molecule has 0 fully saturated rings. The number of amides is 1. The van der Waals surface area contributed by atoms with Crippen molar-refractivity contribution in [3.63, 3.8) is 0 Å². The smallest absolute Gasteiger partial charge is 0.407 e. The molecular weight excluding hydrogens is 376 g/mol. The van der Waals surface area contributed by atoms with Crippen LogP contribution in [-0.2, 0) is 11.3 Å². The van der Waals surface area contributed by atoms with Gasteiger partial charge in [-0.3, -0.25) is 0 Å². The predicted molar refractivity (Wildman–Crippen MR) is 98.4 cm³/mol. The number of anilines is 1. The van der Waals surface area contributed by atoms with Gasteiger partial charge in [0.25, 0.3) is 0 Å². The van der Waals surface area contributed by atoms with E-state index in [1.54, 1.807) is 24.3 Å². The molecule has 6 N–H and O–H groups in total. The van der Waals surface area contributed by atoms with Gasteiger partial charge in [0, 0.05) is 17.1 Å². The van der Waals surface area contributed by atoms with Crippen molar-refractivity contribution >= 4 is 29.4 Å². The summed E-state index contributed by atoms with van der Waals surface area (Å²) in [6.07, 6.45) is -3.80. The second-order valence-corrected chi connectivity index (χ2v) is 6.15. The highest BCUT2D eigenvalue weighted by Crippen LogP contribution is 2.30. The maximum absolute atomic E-state index is 11.7. The highest BCUT2D eigenvalue weighted by atomic mass is 35.5. The van der Waals surface area contributed by atoms with E-state index in [1.807, 2.05) is 6.07 Å². The number of carbonyl (C=O) groups is 2. The molecule has 0 aliphatic rings. The zero-order chi connectivity index (χ0) is 20.0. The molecule has 0 saturated carbocycles. The van der Waals surface area contributed by atoms with Gasteiger partial charge in [-0.2, -0.15) is 0 Å². The molecule has 2 atom stereocenters. The second-order valence-electron chi connectivity index (χ2n) is 5.72. The van der Waals surface area contributed by atoms with Gasteiger partial charge in [-0.1, -0.05) is 41.9 Å². The number of carbonyl (C=O) groups excluding carboxylic acids is 1. The Balaban J connectivity index is 1.94. The fourth-order valence-corrected chi connectivity index (χ4v) is 2.57. The molecule has 27 heavy (non-hydrogen) atoms. The Morgan fingerprint density at radius 2 is 1.85 bits per heavy atom. The summed E-state index contributed by atoms with van der Waals surface area (Å²) in [5, 5.41) is 31.8. The molecule has 0 aliphatic heterocycles. The average Bonchev–Trinajstić information content (AvgIpc) is 2.66. The normalized spacial score (nSPS) is 12.9. The number of ether oxygens (including phenoxy) is 1. The minimum absolute atomic E-state index is 0.0399. The zero-order valence-corrected chi connectivity index (χ0v) is 14.9. The third-order valence-corrected chi connectivity index (χ3v) is 3.98. The number of nitrogens with one attached hydrogen (secondary N) is 1. The van der Waals surface area contributed by atoms with E-state index in [0.29, 0.717) is 0 Å². The molecule has 0 spiro atoms. The Morgan fingerprint density at radius 3 is 2.48 bits per heavy atom. The van der Waals surface area contributed by atoms with Crippen LogP contribution in [0.5, 0.6) is 0 Å². The van der Waals surface area contributed by atoms with E-state index < -0.39 is 24.3 Å². The summed E-state index contributed by atoms with van der Waals surface area (Å²) >= 11 is 5.84. The molecule has 0 saturated heterocycles. The fraction of sp³-hybridized carbons (Fsp3) is 0.222. The first-order chi connectivity index (χ1) is 12.8. The van der Waals surface area contributed by atoms with Crippen LogP contribution in [0, 0.1) is 0 Å². The van der Waals surface area contributed by atoms with Crippen LogP contribution in [0.4, 0.5) is 10.5 Å². The molecule has 144 valence electrons. The lowest BCUT2D eigenvalue weighted by molar-refractivity contribution is 0.0188. The van der Waals surface area contributed by atoms with Gasteiger partial charge in [0.2, 0.25) is 0 Å². The number of rotatable bonds is 7. The van der Waals surface area contributed by atoms with Crippen LogP contribution < -0.4 is 11.1 Å². The van der Waals surface area contributed by atoms with Gasteiger partial charge in [0.15, 0.2) is 0 Å². The van der Waals surface area contributed by atoms with Crippen molar-refractivity contribution in [2.24, 2.45) is 0 Å². The summed E-state index contributed by atoms with van der Waals surface area (Å²) in [6, 6.07) is 11.4. The summed E-state index contributed by atoms with van der Waals surface area (Å²) in [5.74, 6) is -1.32. The Bertz CT molecular complexity index is 815. The quantitative estimate of drug-likeness (QED) is 0.451. The van der Waals surface area contributed by atoms with Crippen LogP contribution in [0.1, 0.15) is 27.6 Å². The molecule has 2 rings (SSSR count). The molecule has 8 nitrogen and oxygen atoms in total. The second kappa shape index (κ2) is 9.22. The van der Waals surface area contributed by atoms with Gasteiger partial charge < -0.3 is 31.1 Å². The van der Waals surface area contributed by atoms with Gasteiger partial charge in [-0.25, -0.2) is 9.59 Å². The molecule has 2 aromatic carbocycles. The van der Waals surface area contributed by atoms with Crippen molar-refractivity contribution in [3.8, 4) is 0 Å². The highest BCUT2D eigenvalue weighted by Gasteiger charge is 2.24. The molecule has 1 amide bonds. The summed E-state index contributed by atoms with van der Waals surface area (Å²) < 4.78 is 4.99. The van der Waals surface area contributed by atoms with E-state index in [2.05, 4.69) is 5.32 Å². The minimum atomic E-state index is -1.56. The van der Waals surface area contributed by atoms with Gasteiger partial charge in [-0.15, -0.1) is 0 Å². The number of hydrogen-bond donors (Lipinski definition) is 5. The lowest BCUT2D eigenvalue weighted by Gasteiger charge is -2.21. The summed E-state index contributed by atoms with van der Waals surface area (Å²) in [5.41, 5.74) is 5.97. The standard InChI is InChI=1S/C18H19ClN2O6/c19-11-6-12(15(20)13(7-11)17(24)25)16(23)14(22)8-21-18(26)27-9-10-4-2-1-3-5-10/h1-7,14,16,22-23H,8-9,20H2,(H,21,26)(H,24,25). The number of benzene rings is 2. The Morgan fingerprint density at radius 1 is 1.19 bits per heavy atom. The summed E-state index contributed by atoms with van der Waals surface area (Å²) in [7, 11) is 0. The van der Waals surface area contributed by atoms with Crippen LogP contribution in [0.3, 0.4) is 0 Å². The van der Waals surface area contributed by atoms with Crippen molar-refractivity contribution in [2.75, 3.05) is 12.3 Å². The first kappa shape index (κ1) is 20.5. The van der Waals surface area contributed by atoms with E-state index in [9.17, 15) is 19.8 Å². The maximum Gasteiger partial charge on any atom is 0.407 e. The van der Waals surface area contributed by atoms with Gasteiger partial charge in [0.1, 0.15) is 18.8 Å². The van der Waals surface area contributed by atoms with Gasteiger partial charge >= 0.3 is 12.1 Å².